The standard InChI is InChI=1S/C22H25N3O3S/c1-5-15-9-7-8-13(3)19(15)23-22(29)25-24-21(26)20-14(4)17-12-16(27-6-2)10-11-18(17)28-20/h7-12H,5-6H2,1-4H3,(H,24,26)(H2,23,25,29). The highest BCUT2D eigenvalue weighted by Crippen LogP contribution is 2.28. The molecule has 152 valence electrons. The zero-order valence-corrected chi connectivity index (χ0v) is 17.8. The van der Waals surface area contributed by atoms with E-state index < -0.39 is 5.91 Å². The molecule has 0 aliphatic rings. The van der Waals surface area contributed by atoms with E-state index in [0.29, 0.717) is 17.3 Å². The Morgan fingerprint density at radius 1 is 1.14 bits per heavy atom. The van der Waals surface area contributed by atoms with Gasteiger partial charge >= 0.3 is 5.91 Å². The Morgan fingerprint density at radius 3 is 2.66 bits per heavy atom. The van der Waals surface area contributed by atoms with E-state index in [2.05, 4.69) is 23.1 Å². The molecule has 29 heavy (non-hydrogen) atoms. The number of carbonyl (C=O) groups excluding carboxylic acids is 1. The second-order valence-electron chi connectivity index (χ2n) is 6.64. The predicted octanol–water partition coefficient (Wildman–Crippen LogP) is 4.64. The molecule has 2 aromatic carbocycles. The zero-order chi connectivity index (χ0) is 21.0. The molecule has 0 aliphatic carbocycles. The van der Waals surface area contributed by atoms with Crippen molar-refractivity contribution in [3.8, 4) is 5.75 Å². The van der Waals surface area contributed by atoms with Crippen LogP contribution in [0.25, 0.3) is 11.0 Å². The molecule has 0 aliphatic heterocycles. The molecule has 0 saturated heterocycles. The molecule has 0 fully saturated rings. The number of hydrogen-bond donors (Lipinski definition) is 3. The van der Waals surface area contributed by atoms with Gasteiger partial charge in [-0.1, -0.05) is 25.1 Å². The van der Waals surface area contributed by atoms with Crippen LogP contribution >= 0.6 is 12.2 Å². The SMILES string of the molecule is CCOc1ccc2oc(C(=O)NNC(=S)Nc3c(C)cccc3CC)c(C)c2c1. The predicted molar refractivity (Wildman–Crippen MR) is 119 cm³/mol. The van der Waals surface area contributed by atoms with Gasteiger partial charge in [-0.2, -0.15) is 0 Å². The van der Waals surface area contributed by atoms with Gasteiger partial charge in [0.25, 0.3) is 0 Å². The number of para-hydroxylation sites is 1. The van der Waals surface area contributed by atoms with Crippen LogP contribution in [0.4, 0.5) is 5.69 Å². The number of thiocarbonyl (C=S) groups is 1. The number of rotatable bonds is 5. The molecule has 1 heterocycles. The average molecular weight is 412 g/mol. The third-order valence-electron chi connectivity index (χ3n) is 4.69. The fraction of sp³-hybridized carbons (Fsp3) is 0.273. The van der Waals surface area contributed by atoms with Crippen molar-refractivity contribution in [2.24, 2.45) is 0 Å². The van der Waals surface area contributed by atoms with Crippen LogP contribution in [0.2, 0.25) is 0 Å². The molecule has 7 heteroatoms. The molecular weight excluding hydrogens is 386 g/mol. The molecule has 3 rings (SSSR count). The lowest BCUT2D eigenvalue weighted by molar-refractivity contribution is 0.0917. The van der Waals surface area contributed by atoms with Gasteiger partial charge in [0.1, 0.15) is 11.3 Å². The summed E-state index contributed by atoms with van der Waals surface area (Å²) in [6, 6.07) is 11.6. The molecule has 1 amide bonds. The van der Waals surface area contributed by atoms with Crippen LogP contribution in [0.15, 0.2) is 40.8 Å². The van der Waals surface area contributed by atoms with Gasteiger partial charge in [-0.05, 0) is 68.7 Å². The van der Waals surface area contributed by atoms with Crippen LogP contribution in [0.3, 0.4) is 0 Å². The van der Waals surface area contributed by atoms with E-state index in [1.807, 2.05) is 51.1 Å². The third kappa shape index (κ3) is 4.51. The Bertz CT molecular complexity index is 1060. The maximum atomic E-state index is 12.6. The highest BCUT2D eigenvalue weighted by molar-refractivity contribution is 7.80. The van der Waals surface area contributed by atoms with Crippen LogP contribution in [0.1, 0.15) is 41.1 Å². The number of aryl methyl sites for hydroxylation is 3. The molecule has 0 bridgehead atoms. The van der Waals surface area contributed by atoms with E-state index in [0.717, 1.165) is 39.9 Å². The molecule has 3 aromatic rings. The number of nitrogens with one attached hydrogen (secondary N) is 3. The van der Waals surface area contributed by atoms with Gasteiger partial charge in [0.15, 0.2) is 10.9 Å². The van der Waals surface area contributed by atoms with Crippen LogP contribution in [-0.4, -0.2) is 17.6 Å². The maximum Gasteiger partial charge on any atom is 0.305 e. The summed E-state index contributed by atoms with van der Waals surface area (Å²) in [6.45, 7) is 8.43. The Kier molecular flexibility index (Phi) is 6.39. The molecule has 0 radical (unpaired) electrons. The average Bonchev–Trinajstić information content (AvgIpc) is 3.04. The first-order valence-electron chi connectivity index (χ1n) is 9.56. The first-order chi connectivity index (χ1) is 13.9. The lowest BCUT2D eigenvalue weighted by atomic mass is 10.1. The molecule has 0 atom stereocenters. The quantitative estimate of drug-likeness (QED) is 0.419. The summed E-state index contributed by atoms with van der Waals surface area (Å²) in [5.74, 6) is 0.569. The number of anilines is 1. The van der Waals surface area contributed by atoms with Crippen molar-refractivity contribution in [2.45, 2.75) is 34.1 Å². The summed E-state index contributed by atoms with van der Waals surface area (Å²) >= 11 is 5.33. The van der Waals surface area contributed by atoms with Crippen molar-refractivity contribution in [1.29, 1.82) is 0 Å². The highest BCUT2D eigenvalue weighted by Gasteiger charge is 2.18. The minimum absolute atomic E-state index is 0.231. The minimum Gasteiger partial charge on any atom is -0.494 e. The highest BCUT2D eigenvalue weighted by atomic mass is 32.1. The molecular formula is C22H25N3O3S. The van der Waals surface area contributed by atoms with Crippen molar-refractivity contribution in [3.63, 3.8) is 0 Å². The number of hydrogen-bond acceptors (Lipinski definition) is 4. The molecule has 0 unspecified atom stereocenters. The Balaban J connectivity index is 1.69. The largest absolute Gasteiger partial charge is 0.494 e. The van der Waals surface area contributed by atoms with Gasteiger partial charge in [-0.15, -0.1) is 0 Å². The zero-order valence-electron chi connectivity index (χ0n) is 17.0. The van der Waals surface area contributed by atoms with Crippen molar-refractivity contribution in [2.75, 3.05) is 11.9 Å². The monoisotopic (exact) mass is 411 g/mol. The van der Waals surface area contributed by atoms with Crippen molar-refractivity contribution in [3.05, 3.63) is 58.8 Å². The molecule has 0 spiro atoms. The van der Waals surface area contributed by atoms with Crippen LogP contribution in [0, 0.1) is 13.8 Å². The van der Waals surface area contributed by atoms with Crippen molar-refractivity contribution >= 4 is 39.9 Å². The summed E-state index contributed by atoms with van der Waals surface area (Å²) < 4.78 is 11.3. The van der Waals surface area contributed by atoms with E-state index in [1.165, 1.54) is 0 Å². The number of amides is 1. The van der Waals surface area contributed by atoms with E-state index in [1.54, 1.807) is 6.07 Å². The van der Waals surface area contributed by atoms with E-state index in [4.69, 9.17) is 21.4 Å². The molecule has 1 aromatic heterocycles. The van der Waals surface area contributed by atoms with Gasteiger partial charge in [0.05, 0.1) is 6.61 Å². The van der Waals surface area contributed by atoms with Gasteiger partial charge in [0, 0.05) is 16.6 Å². The smallest absolute Gasteiger partial charge is 0.305 e. The Hall–Kier alpha value is -3.06. The summed E-state index contributed by atoms with van der Waals surface area (Å²) in [5, 5.41) is 4.30. The van der Waals surface area contributed by atoms with E-state index in [9.17, 15) is 4.79 Å². The van der Waals surface area contributed by atoms with Gasteiger partial charge in [-0.3, -0.25) is 15.6 Å². The van der Waals surface area contributed by atoms with Gasteiger partial charge in [-0.25, -0.2) is 0 Å². The lowest BCUT2D eigenvalue weighted by Crippen LogP contribution is -2.44. The number of benzene rings is 2. The molecule has 0 saturated carbocycles. The summed E-state index contributed by atoms with van der Waals surface area (Å²) in [6.07, 6.45) is 0.876. The van der Waals surface area contributed by atoms with Crippen molar-refractivity contribution in [1.82, 2.24) is 10.9 Å². The third-order valence-corrected chi connectivity index (χ3v) is 4.90. The number of furan rings is 1. The number of ether oxygens (including phenoxy) is 1. The maximum absolute atomic E-state index is 12.6. The Morgan fingerprint density at radius 2 is 1.93 bits per heavy atom. The number of carbonyl (C=O) groups is 1. The summed E-state index contributed by atoms with van der Waals surface area (Å²) in [4.78, 5) is 12.6. The van der Waals surface area contributed by atoms with Crippen LogP contribution < -0.4 is 20.9 Å². The summed E-state index contributed by atoms with van der Waals surface area (Å²) in [5.41, 5.74) is 9.90. The number of fused-ring (bicyclic) bond motifs is 1. The van der Waals surface area contributed by atoms with Gasteiger partial charge < -0.3 is 14.5 Å². The number of hydrazine groups is 1. The summed E-state index contributed by atoms with van der Waals surface area (Å²) in [7, 11) is 0. The first-order valence-corrected chi connectivity index (χ1v) is 9.97. The van der Waals surface area contributed by atoms with Crippen molar-refractivity contribution < 1.29 is 13.9 Å². The van der Waals surface area contributed by atoms with Gasteiger partial charge in [0.2, 0.25) is 0 Å². The molecule has 6 nitrogen and oxygen atoms in total. The normalized spacial score (nSPS) is 10.6. The van der Waals surface area contributed by atoms with E-state index >= 15 is 0 Å². The minimum atomic E-state index is -0.402. The first kappa shape index (κ1) is 20.7. The second kappa shape index (κ2) is 8.96. The fourth-order valence-corrected chi connectivity index (χ4v) is 3.34. The van der Waals surface area contributed by atoms with E-state index in [-0.39, 0.29) is 5.76 Å². The molecule has 3 N–H and O–H groups in total. The topological polar surface area (TPSA) is 75.5 Å². The lowest BCUT2D eigenvalue weighted by Gasteiger charge is -2.16. The fourth-order valence-electron chi connectivity index (χ4n) is 3.19. The van der Waals surface area contributed by atoms with Crippen LogP contribution in [0.5, 0.6) is 5.75 Å². The second-order valence-corrected chi connectivity index (χ2v) is 7.05. The van der Waals surface area contributed by atoms with Crippen LogP contribution in [-0.2, 0) is 6.42 Å². The Labute approximate surface area is 175 Å².